The molecule has 1 saturated heterocycles. The minimum Gasteiger partial charge on any atom is -0.452 e. The molecule has 5 nitrogen and oxygen atoms in total. The Kier molecular flexibility index (Phi) is 4.25. The second kappa shape index (κ2) is 5.44. The highest BCUT2D eigenvalue weighted by Gasteiger charge is 2.43. The lowest BCUT2D eigenvalue weighted by Crippen LogP contribution is -2.38. The van der Waals surface area contributed by atoms with Crippen LogP contribution in [0.1, 0.15) is 19.3 Å². The molecule has 1 saturated carbocycles. The molecule has 108 valence electrons. The SMILES string of the molecule is Cl.NC1CCCC2CN(S(=O)(=O)c3ccco3)CC12. The molecular weight excluding hydrogens is 288 g/mol. The van der Waals surface area contributed by atoms with Crippen molar-refractivity contribution in [2.75, 3.05) is 13.1 Å². The maximum Gasteiger partial charge on any atom is 0.276 e. The van der Waals surface area contributed by atoms with Crippen molar-refractivity contribution < 1.29 is 12.8 Å². The fraction of sp³-hybridized carbons (Fsp3) is 0.667. The van der Waals surface area contributed by atoms with E-state index in [-0.39, 0.29) is 23.5 Å². The van der Waals surface area contributed by atoms with Crippen LogP contribution in [0.15, 0.2) is 27.9 Å². The van der Waals surface area contributed by atoms with Crippen molar-refractivity contribution in [3.63, 3.8) is 0 Å². The highest BCUT2D eigenvalue weighted by atomic mass is 35.5. The molecule has 0 aromatic carbocycles. The molecule has 3 rings (SSSR count). The zero-order chi connectivity index (χ0) is 12.8. The van der Waals surface area contributed by atoms with Crippen molar-refractivity contribution in [3.8, 4) is 0 Å². The summed E-state index contributed by atoms with van der Waals surface area (Å²) >= 11 is 0. The molecule has 2 heterocycles. The number of furan rings is 1. The molecule has 1 aliphatic heterocycles. The lowest BCUT2D eigenvalue weighted by Gasteiger charge is -2.29. The minimum atomic E-state index is -3.47. The predicted octanol–water partition coefficient (Wildman–Crippen LogP) is 1.45. The van der Waals surface area contributed by atoms with Crippen LogP contribution in [0.3, 0.4) is 0 Å². The Balaban J connectivity index is 0.00000133. The first-order chi connectivity index (χ1) is 8.59. The summed E-state index contributed by atoms with van der Waals surface area (Å²) in [5.41, 5.74) is 6.10. The van der Waals surface area contributed by atoms with Crippen molar-refractivity contribution in [2.24, 2.45) is 17.6 Å². The largest absolute Gasteiger partial charge is 0.452 e. The quantitative estimate of drug-likeness (QED) is 0.897. The Bertz CT molecular complexity index is 517. The summed E-state index contributed by atoms with van der Waals surface area (Å²) in [4.78, 5) is 0. The van der Waals surface area contributed by atoms with Crippen LogP contribution in [0.25, 0.3) is 0 Å². The third-order valence-corrected chi connectivity index (χ3v) is 5.93. The zero-order valence-electron chi connectivity index (χ0n) is 10.6. The number of hydrogen-bond acceptors (Lipinski definition) is 4. The molecule has 2 aliphatic rings. The van der Waals surface area contributed by atoms with Gasteiger partial charge in [-0.15, -0.1) is 12.4 Å². The molecule has 0 spiro atoms. The maximum atomic E-state index is 12.3. The first-order valence-corrected chi connectivity index (χ1v) is 7.82. The number of hydrogen-bond donors (Lipinski definition) is 1. The second-order valence-electron chi connectivity index (χ2n) is 5.27. The van der Waals surface area contributed by atoms with E-state index in [0.29, 0.717) is 24.9 Å². The summed E-state index contributed by atoms with van der Waals surface area (Å²) in [6.07, 6.45) is 4.59. The van der Waals surface area contributed by atoms with E-state index in [1.54, 1.807) is 6.07 Å². The highest BCUT2D eigenvalue weighted by molar-refractivity contribution is 7.89. The summed E-state index contributed by atoms with van der Waals surface area (Å²) in [7, 11) is -3.47. The van der Waals surface area contributed by atoms with Crippen molar-refractivity contribution in [1.82, 2.24) is 4.31 Å². The highest BCUT2D eigenvalue weighted by Crippen LogP contribution is 2.37. The Morgan fingerprint density at radius 3 is 2.74 bits per heavy atom. The molecule has 0 bridgehead atoms. The molecule has 19 heavy (non-hydrogen) atoms. The van der Waals surface area contributed by atoms with Gasteiger partial charge < -0.3 is 10.2 Å². The molecule has 1 aromatic heterocycles. The topological polar surface area (TPSA) is 76.5 Å². The molecular formula is C12H19ClN2O3S. The zero-order valence-corrected chi connectivity index (χ0v) is 12.2. The van der Waals surface area contributed by atoms with Gasteiger partial charge in [0.05, 0.1) is 6.26 Å². The van der Waals surface area contributed by atoms with Gasteiger partial charge in [0.25, 0.3) is 10.0 Å². The van der Waals surface area contributed by atoms with E-state index in [2.05, 4.69) is 0 Å². The first kappa shape index (κ1) is 14.8. The van der Waals surface area contributed by atoms with E-state index in [1.165, 1.54) is 16.6 Å². The molecule has 7 heteroatoms. The fourth-order valence-corrected chi connectivity index (χ4v) is 4.65. The van der Waals surface area contributed by atoms with Gasteiger partial charge in [0.15, 0.2) is 0 Å². The fourth-order valence-electron chi connectivity index (χ4n) is 3.21. The van der Waals surface area contributed by atoms with Crippen LogP contribution >= 0.6 is 12.4 Å². The van der Waals surface area contributed by atoms with E-state index >= 15 is 0 Å². The van der Waals surface area contributed by atoms with E-state index in [4.69, 9.17) is 10.2 Å². The van der Waals surface area contributed by atoms with E-state index in [1.807, 2.05) is 0 Å². The van der Waals surface area contributed by atoms with Crippen LogP contribution < -0.4 is 5.73 Å². The van der Waals surface area contributed by atoms with Gasteiger partial charge in [-0.3, -0.25) is 0 Å². The number of halogens is 1. The molecule has 0 radical (unpaired) electrons. The van der Waals surface area contributed by atoms with Gasteiger partial charge in [-0.05, 0) is 36.8 Å². The summed E-state index contributed by atoms with van der Waals surface area (Å²) in [6, 6.07) is 3.24. The van der Waals surface area contributed by atoms with Gasteiger partial charge in [-0.2, -0.15) is 4.31 Å². The predicted molar refractivity (Wildman–Crippen MR) is 73.5 cm³/mol. The summed E-state index contributed by atoms with van der Waals surface area (Å²) < 4.78 is 31.2. The van der Waals surface area contributed by atoms with Crippen LogP contribution in [0.4, 0.5) is 0 Å². The van der Waals surface area contributed by atoms with Gasteiger partial charge in [-0.25, -0.2) is 8.42 Å². The molecule has 1 aromatic rings. The number of rotatable bonds is 2. The second-order valence-corrected chi connectivity index (χ2v) is 7.14. The van der Waals surface area contributed by atoms with Crippen molar-refractivity contribution in [3.05, 3.63) is 18.4 Å². The number of fused-ring (bicyclic) bond motifs is 1. The van der Waals surface area contributed by atoms with Crippen molar-refractivity contribution in [1.29, 1.82) is 0 Å². The Morgan fingerprint density at radius 1 is 1.32 bits per heavy atom. The van der Waals surface area contributed by atoms with E-state index < -0.39 is 10.0 Å². The average Bonchev–Trinajstić information content (AvgIpc) is 2.99. The Hall–Kier alpha value is -0.560. The monoisotopic (exact) mass is 306 g/mol. The van der Waals surface area contributed by atoms with Gasteiger partial charge in [-0.1, -0.05) is 6.42 Å². The molecule has 3 atom stereocenters. The third-order valence-electron chi connectivity index (χ3n) is 4.21. The summed E-state index contributed by atoms with van der Waals surface area (Å²) in [5.74, 6) is 0.724. The first-order valence-electron chi connectivity index (χ1n) is 6.38. The molecule has 3 unspecified atom stereocenters. The third kappa shape index (κ3) is 2.54. The van der Waals surface area contributed by atoms with Gasteiger partial charge >= 0.3 is 0 Å². The van der Waals surface area contributed by atoms with E-state index in [9.17, 15) is 8.42 Å². The minimum absolute atomic E-state index is 0. The average molecular weight is 307 g/mol. The van der Waals surface area contributed by atoms with Gasteiger partial charge in [0, 0.05) is 19.1 Å². The maximum absolute atomic E-state index is 12.3. The van der Waals surface area contributed by atoms with Gasteiger partial charge in [0.1, 0.15) is 0 Å². The smallest absolute Gasteiger partial charge is 0.276 e. The van der Waals surface area contributed by atoms with Crippen LogP contribution in [0.2, 0.25) is 0 Å². The van der Waals surface area contributed by atoms with Crippen molar-refractivity contribution in [2.45, 2.75) is 30.4 Å². The number of nitrogens with two attached hydrogens (primary N) is 1. The normalized spacial score (nSPS) is 31.7. The van der Waals surface area contributed by atoms with Crippen LogP contribution in [0.5, 0.6) is 0 Å². The van der Waals surface area contributed by atoms with Crippen LogP contribution in [-0.4, -0.2) is 31.9 Å². The van der Waals surface area contributed by atoms with Crippen LogP contribution in [-0.2, 0) is 10.0 Å². The summed E-state index contributed by atoms with van der Waals surface area (Å²) in [6.45, 7) is 1.12. The van der Waals surface area contributed by atoms with Crippen LogP contribution in [0, 0.1) is 11.8 Å². The van der Waals surface area contributed by atoms with Crippen molar-refractivity contribution >= 4 is 22.4 Å². The van der Waals surface area contributed by atoms with Gasteiger partial charge in [0.2, 0.25) is 5.09 Å². The standard InChI is InChI=1S/C12H18N2O3S.ClH/c13-11-4-1-3-9-7-14(8-10(9)11)18(15,16)12-5-2-6-17-12;/h2,5-6,9-11H,1,3-4,7-8,13H2;1H. The molecule has 1 aliphatic carbocycles. The molecule has 2 N–H and O–H groups in total. The van der Waals surface area contributed by atoms with E-state index in [0.717, 1.165) is 19.3 Å². The lowest BCUT2D eigenvalue weighted by molar-refractivity contribution is 0.260. The number of nitrogens with zero attached hydrogens (tertiary/aromatic N) is 1. The number of sulfonamides is 1. The lowest BCUT2D eigenvalue weighted by atomic mass is 9.78. The summed E-state index contributed by atoms with van der Waals surface area (Å²) in [5, 5.41) is 0.0368. The Labute approximate surface area is 119 Å². The Morgan fingerprint density at radius 2 is 2.11 bits per heavy atom. The molecule has 0 amide bonds. The molecule has 2 fully saturated rings.